The molecule has 0 atom stereocenters. The number of fused-ring (bicyclic) bond motifs is 1. The lowest BCUT2D eigenvalue weighted by Crippen LogP contribution is -2.00. The van der Waals surface area contributed by atoms with Crippen LogP contribution in [0.5, 0.6) is 0 Å². The molecule has 0 bridgehead atoms. The van der Waals surface area contributed by atoms with Gasteiger partial charge in [-0.15, -0.1) is 0 Å². The average Bonchev–Trinajstić information content (AvgIpc) is 2.92. The molecule has 2 aromatic carbocycles. The van der Waals surface area contributed by atoms with Crippen LogP contribution >= 0.6 is 23.2 Å². The summed E-state index contributed by atoms with van der Waals surface area (Å²) < 4.78 is 2.02. The second kappa shape index (κ2) is 6.45. The summed E-state index contributed by atoms with van der Waals surface area (Å²) in [6.45, 7) is 2.76. The fourth-order valence-electron chi connectivity index (χ4n) is 2.52. The van der Waals surface area contributed by atoms with Gasteiger partial charge in [0, 0.05) is 16.6 Å². The Morgan fingerprint density at radius 2 is 2.04 bits per heavy atom. The predicted molar refractivity (Wildman–Crippen MR) is 95.4 cm³/mol. The van der Waals surface area contributed by atoms with Gasteiger partial charge < -0.3 is 4.57 Å². The number of hydrogen-bond donors (Lipinski definition) is 0. The summed E-state index contributed by atoms with van der Waals surface area (Å²) >= 11 is 12.1. The molecule has 0 amide bonds. The molecular formula is C18H13Cl2N3. The van der Waals surface area contributed by atoms with Crippen molar-refractivity contribution in [3.05, 3.63) is 63.9 Å². The maximum absolute atomic E-state index is 9.59. The highest BCUT2D eigenvalue weighted by molar-refractivity contribution is 6.35. The lowest BCUT2D eigenvalue weighted by molar-refractivity contribution is 0.775. The molecule has 1 heterocycles. The monoisotopic (exact) mass is 341 g/mol. The van der Waals surface area contributed by atoms with Gasteiger partial charge in [-0.25, -0.2) is 4.98 Å². The zero-order valence-corrected chi connectivity index (χ0v) is 13.9. The van der Waals surface area contributed by atoms with Crippen LogP contribution in [0.4, 0.5) is 0 Å². The van der Waals surface area contributed by atoms with Crippen LogP contribution in [-0.4, -0.2) is 9.55 Å². The highest BCUT2D eigenvalue weighted by Crippen LogP contribution is 2.27. The minimum Gasteiger partial charge on any atom is -0.324 e. The summed E-state index contributed by atoms with van der Waals surface area (Å²) in [6.07, 6.45) is 1.74. The Hall–Kier alpha value is -2.28. The van der Waals surface area contributed by atoms with E-state index >= 15 is 0 Å². The zero-order valence-electron chi connectivity index (χ0n) is 12.4. The van der Waals surface area contributed by atoms with Gasteiger partial charge in [-0.2, -0.15) is 5.26 Å². The number of nitriles is 1. The largest absolute Gasteiger partial charge is 0.324 e. The summed E-state index contributed by atoms with van der Waals surface area (Å²) in [7, 11) is 0. The van der Waals surface area contributed by atoms with Crippen molar-refractivity contribution in [1.82, 2.24) is 9.55 Å². The molecule has 0 spiro atoms. The molecule has 3 nitrogen and oxygen atoms in total. The number of aromatic nitrogens is 2. The van der Waals surface area contributed by atoms with Gasteiger partial charge in [0.25, 0.3) is 0 Å². The Morgan fingerprint density at radius 3 is 2.74 bits per heavy atom. The van der Waals surface area contributed by atoms with E-state index in [1.165, 1.54) is 0 Å². The Bertz CT molecular complexity index is 949. The van der Waals surface area contributed by atoms with Crippen molar-refractivity contribution in [2.75, 3.05) is 0 Å². The van der Waals surface area contributed by atoms with Crippen molar-refractivity contribution in [3.8, 4) is 6.07 Å². The molecule has 23 heavy (non-hydrogen) atoms. The standard InChI is InChI=1S/C18H13Cl2N3/c1-2-23-17-6-4-3-5-16(17)22-18(23)13(11-21)9-12-7-8-14(19)10-15(12)20/h3-10H,2H2,1H3/b13-9-. The van der Waals surface area contributed by atoms with Crippen molar-refractivity contribution in [2.24, 2.45) is 0 Å². The topological polar surface area (TPSA) is 41.6 Å². The van der Waals surface area contributed by atoms with E-state index in [9.17, 15) is 5.26 Å². The fourth-order valence-corrected chi connectivity index (χ4v) is 2.99. The molecule has 0 aliphatic rings. The molecule has 3 aromatic rings. The number of imidazole rings is 1. The molecule has 0 saturated carbocycles. The zero-order chi connectivity index (χ0) is 16.4. The quantitative estimate of drug-likeness (QED) is 0.596. The molecule has 0 saturated heterocycles. The lowest BCUT2D eigenvalue weighted by Gasteiger charge is -2.05. The molecule has 0 aliphatic heterocycles. The summed E-state index contributed by atoms with van der Waals surface area (Å²) in [5, 5.41) is 10.7. The lowest BCUT2D eigenvalue weighted by atomic mass is 10.1. The van der Waals surface area contributed by atoms with E-state index in [0.717, 1.165) is 23.1 Å². The number of hydrogen-bond acceptors (Lipinski definition) is 2. The van der Waals surface area contributed by atoms with E-state index < -0.39 is 0 Å². The molecule has 114 valence electrons. The fraction of sp³-hybridized carbons (Fsp3) is 0.111. The van der Waals surface area contributed by atoms with Crippen LogP contribution in [0.15, 0.2) is 42.5 Å². The van der Waals surface area contributed by atoms with Crippen LogP contribution in [0.2, 0.25) is 10.0 Å². The normalized spacial score (nSPS) is 11.7. The summed E-state index contributed by atoms with van der Waals surface area (Å²) in [5.41, 5.74) is 3.08. The highest BCUT2D eigenvalue weighted by atomic mass is 35.5. The van der Waals surface area contributed by atoms with E-state index in [2.05, 4.69) is 11.1 Å². The number of nitrogens with zero attached hydrogens (tertiary/aromatic N) is 3. The van der Waals surface area contributed by atoms with E-state index in [4.69, 9.17) is 23.2 Å². The van der Waals surface area contributed by atoms with Crippen LogP contribution in [0.25, 0.3) is 22.7 Å². The Labute approximate surface area is 144 Å². The molecule has 3 rings (SSSR count). The highest BCUT2D eigenvalue weighted by Gasteiger charge is 2.14. The predicted octanol–water partition coefficient (Wildman–Crippen LogP) is 5.43. The third kappa shape index (κ3) is 2.96. The van der Waals surface area contributed by atoms with Crippen molar-refractivity contribution < 1.29 is 0 Å². The van der Waals surface area contributed by atoms with Crippen molar-refractivity contribution in [1.29, 1.82) is 5.26 Å². The average molecular weight is 342 g/mol. The summed E-state index contributed by atoms with van der Waals surface area (Å²) in [6, 6.07) is 15.3. The van der Waals surface area contributed by atoms with Crippen LogP contribution in [-0.2, 0) is 6.54 Å². The van der Waals surface area contributed by atoms with E-state index in [1.807, 2.05) is 35.8 Å². The van der Waals surface area contributed by atoms with Gasteiger partial charge in [-0.1, -0.05) is 41.4 Å². The third-order valence-electron chi connectivity index (χ3n) is 3.59. The smallest absolute Gasteiger partial charge is 0.151 e. The number of allylic oxidation sites excluding steroid dienone is 1. The molecular weight excluding hydrogens is 329 g/mol. The van der Waals surface area contributed by atoms with Crippen molar-refractivity contribution >= 4 is 45.9 Å². The first-order valence-corrected chi connectivity index (χ1v) is 7.92. The summed E-state index contributed by atoms with van der Waals surface area (Å²) in [5.74, 6) is 0.641. The second-order valence-electron chi connectivity index (χ2n) is 5.00. The molecule has 0 fully saturated rings. The Balaban J connectivity index is 2.18. The van der Waals surface area contributed by atoms with Gasteiger partial charge in [0.2, 0.25) is 0 Å². The number of benzene rings is 2. The van der Waals surface area contributed by atoms with Gasteiger partial charge in [0.1, 0.15) is 6.07 Å². The Kier molecular flexibility index (Phi) is 4.38. The third-order valence-corrected chi connectivity index (χ3v) is 4.16. The van der Waals surface area contributed by atoms with Gasteiger partial charge >= 0.3 is 0 Å². The molecule has 0 unspecified atom stereocenters. The molecule has 1 aromatic heterocycles. The molecule has 0 N–H and O–H groups in total. The van der Waals surface area contributed by atoms with Crippen LogP contribution in [0, 0.1) is 11.3 Å². The molecule has 0 aliphatic carbocycles. The van der Waals surface area contributed by atoms with Crippen LogP contribution in [0.3, 0.4) is 0 Å². The first-order chi connectivity index (χ1) is 11.1. The van der Waals surface area contributed by atoms with Crippen molar-refractivity contribution in [2.45, 2.75) is 13.5 Å². The first kappa shape index (κ1) is 15.6. The minimum atomic E-state index is 0.465. The molecule has 0 radical (unpaired) electrons. The van der Waals surface area contributed by atoms with Gasteiger partial charge in [-0.05, 0) is 42.8 Å². The number of para-hydroxylation sites is 2. The second-order valence-corrected chi connectivity index (χ2v) is 5.85. The maximum Gasteiger partial charge on any atom is 0.151 e. The maximum atomic E-state index is 9.59. The first-order valence-electron chi connectivity index (χ1n) is 7.16. The summed E-state index contributed by atoms with van der Waals surface area (Å²) in [4.78, 5) is 4.60. The SMILES string of the molecule is CCn1c(/C(C#N)=C\c2ccc(Cl)cc2Cl)nc2ccccc21. The number of rotatable bonds is 3. The van der Waals surface area contributed by atoms with E-state index in [1.54, 1.807) is 24.3 Å². The number of aryl methyl sites for hydroxylation is 1. The van der Waals surface area contributed by atoms with Gasteiger partial charge in [0.15, 0.2) is 5.82 Å². The number of halogens is 2. The Morgan fingerprint density at radius 1 is 1.26 bits per heavy atom. The van der Waals surface area contributed by atoms with Gasteiger partial charge in [0.05, 0.1) is 16.6 Å². The molecule has 5 heteroatoms. The van der Waals surface area contributed by atoms with E-state index in [-0.39, 0.29) is 0 Å². The van der Waals surface area contributed by atoms with E-state index in [0.29, 0.717) is 21.4 Å². The van der Waals surface area contributed by atoms with Gasteiger partial charge in [-0.3, -0.25) is 0 Å². The van der Waals surface area contributed by atoms with Crippen LogP contribution in [0.1, 0.15) is 18.3 Å². The van der Waals surface area contributed by atoms with Crippen molar-refractivity contribution in [3.63, 3.8) is 0 Å². The van der Waals surface area contributed by atoms with Crippen LogP contribution < -0.4 is 0 Å². The minimum absolute atomic E-state index is 0.465.